The number of anilines is 1. The number of fused-ring (bicyclic) bond motifs is 1. The third-order valence-corrected chi connectivity index (χ3v) is 7.18. The van der Waals surface area contributed by atoms with Gasteiger partial charge in [0, 0.05) is 40.5 Å². The highest BCUT2D eigenvalue weighted by Crippen LogP contribution is 2.45. The number of amides is 2. The standard InChI is InChI=1S/C33H39ClFN3O5.ClH/c1-33(2,3)20-38-26-14-13-22(34)17-24(26)30(23-10-7-12-27(31(23)41-4)42-16-8-15-36)43-28(32(38)40)18-29(39)37-19-21-9-5-6-11-25(21)35;/h5-7,9-14,17,28,30H,8,15-16,18-20,36H2,1-4H3,(H,37,39);1H. The number of ether oxygens (including phenoxy) is 3. The molecule has 0 radical (unpaired) electrons. The van der Waals surface area contributed by atoms with Crippen LogP contribution in [0.5, 0.6) is 11.5 Å². The molecule has 1 aliphatic rings. The van der Waals surface area contributed by atoms with E-state index in [1.807, 2.05) is 32.9 Å². The van der Waals surface area contributed by atoms with Gasteiger partial charge in [-0.2, -0.15) is 0 Å². The van der Waals surface area contributed by atoms with E-state index in [0.29, 0.717) is 65.0 Å². The Kier molecular flexibility index (Phi) is 12.4. The molecule has 0 bridgehead atoms. The van der Waals surface area contributed by atoms with Gasteiger partial charge in [-0.25, -0.2) is 4.39 Å². The number of methoxy groups -OCH3 is 1. The van der Waals surface area contributed by atoms with Crippen molar-refractivity contribution in [2.24, 2.45) is 11.1 Å². The molecule has 0 aromatic heterocycles. The summed E-state index contributed by atoms with van der Waals surface area (Å²) < 4.78 is 32.5. The van der Waals surface area contributed by atoms with Crippen molar-refractivity contribution < 1.29 is 28.2 Å². The van der Waals surface area contributed by atoms with Crippen molar-refractivity contribution in [3.8, 4) is 11.5 Å². The Bertz CT molecular complexity index is 1450. The van der Waals surface area contributed by atoms with Gasteiger partial charge in [-0.05, 0) is 48.7 Å². The van der Waals surface area contributed by atoms with Crippen molar-refractivity contribution in [3.05, 3.63) is 88.2 Å². The molecule has 0 aliphatic carbocycles. The van der Waals surface area contributed by atoms with Gasteiger partial charge in [-0.3, -0.25) is 9.59 Å². The topological polar surface area (TPSA) is 103 Å². The zero-order chi connectivity index (χ0) is 31.1. The molecular formula is C33H40Cl2FN3O5. The highest BCUT2D eigenvalue weighted by atomic mass is 35.5. The number of carbonyl (C=O) groups is 2. The SMILES string of the molecule is COc1c(OCCCN)cccc1C1OC(CC(=O)NCc2ccccc2F)C(=O)N(CC(C)(C)C)c2ccc(Cl)cc21.Cl. The van der Waals surface area contributed by atoms with Crippen molar-refractivity contribution in [2.75, 3.05) is 31.7 Å². The van der Waals surface area contributed by atoms with Crippen molar-refractivity contribution in [3.63, 3.8) is 0 Å². The minimum absolute atomic E-state index is 0. The smallest absolute Gasteiger partial charge is 0.256 e. The first-order chi connectivity index (χ1) is 20.5. The molecule has 0 saturated carbocycles. The third kappa shape index (κ3) is 8.63. The minimum atomic E-state index is -1.16. The lowest BCUT2D eigenvalue weighted by molar-refractivity contribution is -0.138. The second-order valence-electron chi connectivity index (χ2n) is 11.6. The van der Waals surface area contributed by atoms with Crippen LogP contribution in [0, 0.1) is 11.2 Å². The highest BCUT2D eigenvalue weighted by Gasteiger charge is 2.40. The van der Waals surface area contributed by atoms with Crippen molar-refractivity contribution >= 4 is 41.5 Å². The number of halogens is 3. The highest BCUT2D eigenvalue weighted by molar-refractivity contribution is 6.30. The molecule has 2 amide bonds. The number of hydrogen-bond donors (Lipinski definition) is 2. The van der Waals surface area contributed by atoms with Crippen molar-refractivity contribution in [1.82, 2.24) is 5.32 Å². The molecule has 0 spiro atoms. The van der Waals surface area contributed by atoms with E-state index in [4.69, 9.17) is 31.5 Å². The summed E-state index contributed by atoms with van der Waals surface area (Å²) in [5.74, 6) is -0.298. The number of carbonyl (C=O) groups excluding carboxylic acids is 2. The molecule has 3 aromatic carbocycles. The molecule has 3 N–H and O–H groups in total. The fraction of sp³-hybridized carbons (Fsp3) is 0.394. The van der Waals surface area contributed by atoms with Gasteiger partial charge in [-0.1, -0.05) is 62.7 Å². The Hall–Kier alpha value is -3.37. The van der Waals surface area contributed by atoms with E-state index in [2.05, 4.69) is 5.32 Å². The van der Waals surface area contributed by atoms with Gasteiger partial charge >= 0.3 is 0 Å². The lowest BCUT2D eigenvalue weighted by Crippen LogP contribution is -2.45. The maximum atomic E-state index is 14.2. The van der Waals surface area contributed by atoms with Gasteiger partial charge in [0.1, 0.15) is 18.0 Å². The zero-order valence-electron chi connectivity index (χ0n) is 25.4. The maximum absolute atomic E-state index is 14.2. The summed E-state index contributed by atoms with van der Waals surface area (Å²) in [5.41, 5.74) is 7.60. The van der Waals surface area contributed by atoms with Crippen LogP contribution in [0.15, 0.2) is 60.7 Å². The summed E-state index contributed by atoms with van der Waals surface area (Å²) in [5, 5.41) is 3.19. The minimum Gasteiger partial charge on any atom is -0.492 e. The molecule has 238 valence electrons. The Morgan fingerprint density at radius 1 is 1.11 bits per heavy atom. The number of hydrogen-bond acceptors (Lipinski definition) is 6. The second-order valence-corrected chi connectivity index (χ2v) is 12.1. The van der Waals surface area contributed by atoms with E-state index < -0.39 is 23.9 Å². The average Bonchev–Trinajstić information content (AvgIpc) is 3.06. The number of para-hydroxylation sites is 1. The van der Waals surface area contributed by atoms with E-state index >= 15 is 0 Å². The van der Waals surface area contributed by atoms with Crippen LogP contribution in [-0.4, -0.2) is 44.7 Å². The van der Waals surface area contributed by atoms with Gasteiger partial charge in [0.2, 0.25) is 5.91 Å². The Balaban J connectivity index is 0.00000529. The van der Waals surface area contributed by atoms with E-state index in [-0.39, 0.29) is 36.7 Å². The summed E-state index contributed by atoms with van der Waals surface area (Å²) in [6, 6.07) is 16.9. The Labute approximate surface area is 269 Å². The van der Waals surface area contributed by atoms with Gasteiger partial charge in [0.15, 0.2) is 11.5 Å². The first-order valence-corrected chi connectivity index (χ1v) is 14.7. The molecule has 11 heteroatoms. The van der Waals surface area contributed by atoms with Crippen LogP contribution < -0.4 is 25.4 Å². The van der Waals surface area contributed by atoms with Crippen molar-refractivity contribution in [2.45, 2.75) is 52.4 Å². The summed E-state index contributed by atoms with van der Waals surface area (Å²) in [4.78, 5) is 29.0. The number of nitrogens with two attached hydrogens (primary N) is 1. The Morgan fingerprint density at radius 2 is 1.86 bits per heavy atom. The summed E-state index contributed by atoms with van der Waals surface area (Å²) in [6.45, 7) is 7.30. The zero-order valence-corrected chi connectivity index (χ0v) is 27.0. The molecule has 2 atom stereocenters. The van der Waals surface area contributed by atoms with Crippen LogP contribution >= 0.6 is 24.0 Å². The number of benzene rings is 3. The van der Waals surface area contributed by atoms with Crippen molar-refractivity contribution in [1.29, 1.82) is 0 Å². The molecule has 4 rings (SSSR count). The van der Waals surface area contributed by atoms with Crippen LogP contribution in [0.4, 0.5) is 10.1 Å². The normalized spacial score (nSPS) is 16.4. The molecule has 8 nitrogen and oxygen atoms in total. The molecule has 0 fully saturated rings. The van der Waals surface area contributed by atoms with Gasteiger partial charge in [0.05, 0.1) is 20.1 Å². The summed E-state index contributed by atoms with van der Waals surface area (Å²) in [6.07, 6.45) is -1.61. The van der Waals surface area contributed by atoms with Crippen LogP contribution in [-0.2, 0) is 20.9 Å². The summed E-state index contributed by atoms with van der Waals surface area (Å²) in [7, 11) is 1.54. The van der Waals surface area contributed by atoms with E-state index in [1.54, 1.807) is 47.4 Å². The largest absolute Gasteiger partial charge is 0.492 e. The first kappa shape index (κ1) is 35.1. The van der Waals surface area contributed by atoms with E-state index in [0.717, 1.165) is 0 Å². The fourth-order valence-corrected chi connectivity index (χ4v) is 5.18. The molecule has 44 heavy (non-hydrogen) atoms. The average molecular weight is 649 g/mol. The molecule has 0 saturated heterocycles. The molecule has 3 aromatic rings. The maximum Gasteiger partial charge on any atom is 0.256 e. The van der Waals surface area contributed by atoms with Crippen LogP contribution in [0.1, 0.15) is 56.4 Å². The number of nitrogens with one attached hydrogen (secondary N) is 1. The molecule has 2 unspecified atom stereocenters. The lowest BCUT2D eigenvalue weighted by Gasteiger charge is -2.31. The van der Waals surface area contributed by atoms with Gasteiger partial charge in [0.25, 0.3) is 5.91 Å². The third-order valence-electron chi connectivity index (χ3n) is 6.94. The van der Waals surface area contributed by atoms with Crippen LogP contribution in [0.3, 0.4) is 0 Å². The second kappa shape index (κ2) is 15.6. The summed E-state index contributed by atoms with van der Waals surface area (Å²) >= 11 is 6.50. The number of nitrogens with zero attached hydrogens (tertiary/aromatic N) is 1. The monoisotopic (exact) mass is 647 g/mol. The van der Waals surface area contributed by atoms with Crippen LogP contribution in [0.25, 0.3) is 0 Å². The van der Waals surface area contributed by atoms with Gasteiger partial charge in [-0.15, -0.1) is 12.4 Å². The molecule has 1 aliphatic heterocycles. The lowest BCUT2D eigenvalue weighted by atomic mass is 9.94. The molecule has 1 heterocycles. The Morgan fingerprint density at radius 3 is 2.55 bits per heavy atom. The number of rotatable bonds is 11. The fourth-order valence-electron chi connectivity index (χ4n) is 5.00. The first-order valence-electron chi connectivity index (χ1n) is 14.3. The van der Waals surface area contributed by atoms with E-state index in [1.165, 1.54) is 13.2 Å². The van der Waals surface area contributed by atoms with E-state index in [9.17, 15) is 14.0 Å². The molecular weight excluding hydrogens is 608 g/mol. The quantitative estimate of drug-likeness (QED) is 0.240. The van der Waals surface area contributed by atoms with Crippen LogP contribution in [0.2, 0.25) is 5.02 Å². The predicted molar refractivity (Wildman–Crippen MR) is 172 cm³/mol. The van der Waals surface area contributed by atoms with Gasteiger partial charge < -0.3 is 30.2 Å². The predicted octanol–water partition coefficient (Wildman–Crippen LogP) is 6.21.